The minimum atomic E-state index is -0.977. The third-order valence-electron chi connectivity index (χ3n) is 4.03. The quantitative estimate of drug-likeness (QED) is 0.644. The van der Waals surface area contributed by atoms with Crippen molar-refractivity contribution in [2.24, 2.45) is 5.92 Å². The highest BCUT2D eigenvalue weighted by Gasteiger charge is 2.23. The molecule has 146 valence electrons. The van der Waals surface area contributed by atoms with Crippen molar-refractivity contribution in [3.63, 3.8) is 0 Å². The van der Waals surface area contributed by atoms with Gasteiger partial charge in [0.1, 0.15) is 11.5 Å². The number of nitrogens with zero attached hydrogens (tertiary/aromatic N) is 3. The second-order valence-corrected chi connectivity index (χ2v) is 6.14. The lowest BCUT2D eigenvalue weighted by atomic mass is 10.1. The van der Waals surface area contributed by atoms with Gasteiger partial charge in [-0.15, -0.1) is 0 Å². The Balaban J connectivity index is 2.16. The molecule has 0 fully saturated rings. The van der Waals surface area contributed by atoms with Crippen molar-refractivity contribution in [1.82, 2.24) is 14.7 Å². The average molecular weight is 377 g/mol. The Labute approximate surface area is 157 Å². The molecule has 0 saturated heterocycles. The maximum Gasteiger partial charge on any atom is 0.308 e. The number of aliphatic carboxylic acids is 1. The number of amides is 1. The Morgan fingerprint density at radius 2 is 2.07 bits per heavy atom. The van der Waals surface area contributed by atoms with E-state index in [-0.39, 0.29) is 17.9 Å². The van der Waals surface area contributed by atoms with Gasteiger partial charge < -0.3 is 14.7 Å². The van der Waals surface area contributed by atoms with Crippen LogP contribution in [0, 0.1) is 11.7 Å². The molecule has 7 nitrogen and oxygen atoms in total. The third kappa shape index (κ3) is 5.62. The number of carbonyl (C=O) groups excluding carboxylic acids is 1. The number of carbonyl (C=O) groups is 2. The lowest BCUT2D eigenvalue weighted by molar-refractivity contribution is -0.141. The molecule has 1 atom stereocenters. The highest BCUT2D eigenvalue weighted by molar-refractivity contribution is 5.92. The summed E-state index contributed by atoms with van der Waals surface area (Å²) < 4.78 is 20.5. The maximum absolute atomic E-state index is 13.9. The van der Waals surface area contributed by atoms with E-state index >= 15 is 0 Å². The SMILES string of the molecule is CCOCCCN(CC(C)C(=O)O)C(=O)c1ccn(-c2ccccc2F)n1. The van der Waals surface area contributed by atoms with Crippen molar-refractivity contribution in [1.29, 1.82) is 0 Å². The number of carboxylic acid groups (broad SMARTS) is 1. The minimum absolute atomic E-state index is 0.0624. The topological polar surface area (TPSA) is 84.7 Å². The van der Waals surface area contributed by atoms with Crippen molar-refractivity contribution in [3.05, 3.63) is 48.0 Å². The van der Waals surface area contributed by atoms with Crippen LogP contribution in [0.15, 0.2) is 36.5 Å². The summed E-state index contributed by atoms with van der Waals surface area (Å²) in [7, 11) is 0. The first-order valence-electron chi connectivity index (χ1n) is 8.84. The number of para-hydroxylation sites is 1. The van der Waals surface area contributed by atoms with Crippen LogP contribution in [0.2, 0.25) is 0 Å². The molecule has 0 saturated carbocycles. The molecule has 1 aromatic carbocycles. The van der Waals surface area contributed by atoms with E-state index in [4.69, 9.17) is 9.84 Å². The van der Waals surface area contributed by atoms with Crippen molar-refractivity contribution in [3.8, 4) is 5.69 Å². The number of carboxylic acids is 1. The Morgan fingerprint density at radius 3 is 2.74 bits per heavy atom. The first kappa shape index (κ1) is 20.6. The van der Waals surface area contributed by atoms with E-state index in [1.807, 2.05) is 6.92 Å². The van der Waals surface area contributed by atoms with Crippen LogP contribution >= 0.6 is 0 Å². The van der Waals surface area contributed by atoms with Gasteiger partial charge in [0.25, 0.3) is 5.91 Å². The zero-order valence-corrected chi connectivity index (χ0v) is 15.5. The molecule has 1 N–H and O–H groups in total. The third-order valence-corrected chi connectivity index (χ3v) is 4.03. The van der Waals surface area contributed by atoms with Gasteiger partial charge in [-0.25, -0.2) is 9.07 Å². The summed E-state index contributed by atoms with van der Waals surface area (Å²) in [6.45, 7) is 4.89. The summed E-state index contributed by atoms with van der Waals surface area (Å²) >= 11 is 0. The molecule has 0 aliphatic carbocycles. The molecule has 1 aromatic heterocycles. The molecule has 0 spiro atoms. The van der Waals surface area contributed by atoms with Crippen LogP contribution in [-0.2, 0) is 9.53 Å². The largest absolute Gasteiger partial charge is 0.481 e. The minimum Gasteiger partial charge on any atom is -0.481 e. The highest BCUT2D eigenvalue weighted by atomic mass is 19.1. The second kappa shape index (κ2) is 9.82. The predicted molar refractivity (Wildman–Crippen MR) is 97.3 cm³/mol. The molecule has 1 amide bonds. The predicted octanol–water partition coefficient (Wildman–Crippen LogP) is 2.60. The van der Waals surface area contributed by atoms with Crippen molar-refractivity contribution >= 4 is 11.9 Å². The Hall–Kier alpha value is -2.74. The zero-order chi connectivity index (χ0) is 19.8. The molecule has 2 rings (SSSR count). The van der Waals surface area contributed by atoms with Gasteiger partial charge in [-0.2, -0.15) is 5.10 Å². The van der Waals surface area contributed by atoms with Gasteiger partial charge in [-0.1, -0.05) is 19.1 Å². The van der Waals surface area contributed by atoms with Gasteiger partial charge in [0, 0.05) is 32.5 Å². The number of benzene rings is 1. The average Bonchev–Trinajstić information content (AvgIpc) is 3.13. The number of hydrogen-bond donors (Lipinski definition) is 1. The van der Waals surface area contributed by atoms with Crippen LogP contribution in [0.25, 0.3) is 5.69 Å². The Kier molecular flexibility index (Phi) is 7.48. The summed E-state index contributed by atoms with van der Waals surface area (Å²) in [5, 5.41) is 13.3. The van der Waals surface area contributed by atoms with E-state index in [1.165, 1.54) is 27.9 Å². The fraction of sp³-hybridized carbons (Fsp3) is 0.421. The number of halogens is 1. The van der Waals surface area contributed by atoms with Gasteiger partial charge >= 0.3 is 5.97 Å². The number of hydrogen-bond acceptors (Lipinski definition) is 4. The molecule has 8 heteroatoms. The van der Waals surface area contributed by atoms with E-state index in [0.717, 1.165) is 0 Å². The Bertz CT molecular complexity index is 778. The molecule has 1 heterocycles. The Morgan fingerprint density at radius 1 is 1.33 bits per heavy atom. The van der Waals surface area contributed by atoms with Crippen LogP contribution in [0.3, 0.4) is 0 Å². The summed E-state index contributed by atoms with van der Waals surface area (Å²) in [6.07, 6.45) is 2.09. The van der Waals surface area contributed by atoms with Gasteiger partial charge in [-0.3, -0.25) is 9.59 Å². The van der Waals surface area contributed by atoms with Gasteiger partial charge in [0.05, 0.1) is 5.92 Å². The van der Waals surface area contributed by atoms with E-state index in [9.17, 15) is 14.0 Å². The van der Waals surface area contributed by atoms with Crippen LogP contribution in [0.5, 0.6) is 0 Å². The van der Waals surface area contributed by atoms with Crippen molar-refractivity contribution in [2.75, 3.05) is 26.3 Å². The van der Waals surface area contributed by atoms with Crippen LogP contribution in [0.4, 0.5) is 4.39 Å². The van der Waals surface area contributed by atoms with Gasteiger partial charge in [0.2, 0.25) is 0 Å². The zero-order valence-electron chi connectivity index (χ0n) is 15.5. The molecule has 0 aliphatic heterocycles. The molecule has 27 heavy (non-hydrogen) atoms. The number of ether oxygens (including phenoxy) is 1. The monoisotopic (exact) mass is 377 g/mol. The summed E-state index contributed by atoms with van der Waals surface area (Å²) in [5.41, 5.74) is 0.366. The lowest BCUT2D eigenvalue weighted by Crippen LogP contribution is -2.38. The molecule has 0 aliphatic rings. The molecule has 1 unspecified atom stereocenters. The number of aromatic nitrogens is 2. The van der Waals surface area contributed by atoms with Crippen molar-refractivity contribution < 1.29 is 23.8 Å². The summed E-state index contributed by atoms with van der Waals surface area (Å²) in [4.78, 5) is 25.4. The summed E-state index contributed by atoms with van der Waals surface area (Å²) in [5.74, 6) is -2.54. The second-order valence-electron chi connectivity index (χ2n) is 6.14. The van der Waals surface area contributed by atoms with Crippen LogP contribution in [0.1, 0.15) is 30.8 Å². The van der Waals surface area contributed by atoms with E-state index in [0.29, 0.717) is 26.2 Å². The molecule has 0 bridgehead atoms. The fourth-order valence-electron chi connectivity index (χ4n) is 2.56. The van der Waals surface area contributed by atoms with E-state index < -0.39 is 23.6 Å². The first-order chi connectivity index (χ1) is 12.9. The van der Waals surface area contributed by atoms with Gasteiger partial charge in [-0.05, 0) is 31.5 Å². The van der Waals surface area contributed by atoms with E-state index in [2.05, 4.69) is 5.10 Å². The molecule has 2 aromatic rings. The first-order valence-corrected chi connectivity index (χ1v) is 8.84. The van der Waals surface area contributed by atoms with Crippen LogP contribution < -0.4 is 0 Å². The van der Waals surface area contributed by atoms with Crippen molar-refractivity contribution in [2.45, 2.75) is 20.3 Å². The van der Waals surface area contributed by atoms with E-state index in [1.54, 1.807) is 25.1 Å². The maximum atomic E-state index is 13.9. The van der Waals surface area contributed by atoms with Gasteiger partial charge in [0.15, 0.2) is 5.69 Å². The number of rotatable bonds is 10. The normalized spacial score (nSPS) is 12.0. The smallest absolute Gasteiger partial charge is 0.308 e. The highest BCUT2D eigenvalue weighted by Crippen LogP contribution is 2.14. The molecule has 0 radical (unpaired) electrons. The molecular formula is C19H24FN3O4. The fourth-order valence-corrected chi connectivity index (χ4v) is 2.56. The summed E-state index contributed by atoms with van der Waals surface area (Å²) in [6, 6.07) is 7.61. The lowest BCUT2D eigenvalue weighted by Gasteiger charge is -2.23. The van der Waals surface area contributed by atoms with Crippen LogP contribution in [-0.4, -0.2) is 58.0 Å². The molecular weight excluding hydrogens is 353 g/mol. The standard InChI is InChI=1S/C19H24FN3O4/c1-3-27-12-6-10-22(13-14(2)19(25)26)18(24)16-9-11-23(21-16)17-8-5-4-7-15(17)20/h4-5,7-9,11,14H,3,6,10,12-13H2,1-2H3,(H,25,26).